The van der Waals surface area contributed by atoms with Crippen LogP contribution in [0.5, 0.6) is 0 Å². The smallest absolute Gasteiger partial charge is 0.310 e. The number of carbonyl (C=O) groups is 1. The van der Waals surface area contributed by atoms with Crippen molar-refractivity contribution in [2.24, 2.45) is 57.2 Å². The summed E-state index contributed by atoms with van der Waals surface area (Å²) in [4.78, 5) is 12.7. The van der Waals surface area contributed by atoms with Crippen molar-refractivity contribution in [3.8, 4) is 0 Å². The summed E-state index contributed by atoms with van der Waals surface area (Å²) >= 11 is 0. The molecular formula is C29H46O4. The first kappa shape index (κ1) is 23.9. The van der Waals surface area contributed by atoms with Gasteiger partial charge in [-0.25, -0.2) is 0 Å². The van der Waals surface area contributed by atoms with Crippen molar-refractivity contribution >= 4 is 5.97 Å². The fraction of sp³-hybridized carbons (Fsp3) is 0.897. The Morgan fingerprint density at radius 1 is 0.879 bits per heavy atom. The van der Waals surface area contributed by atoms with Gasteiger partial charge in [0.15, 0.2) is 0 Å². The molecule has 0 aliphatic heterocycles. The summed E-state index contributed by atoms with van der Waals surface area (Å²) in [5.41, 5.74) is -1.90. The molecule has 5 aliphatic rings. The van der Waals surface area contributed by atoms with Gasteiger partial charge in [0.2, 0.25) is 0 Å². The molecule has 0 heterocycles. The van der Waals surface area contributed by atoms with E-state index in [1.54, 1.807) is 0 Å². The van der Waals surface area contributed by atoms with Gasteiger partial charge in [0.25, 0.3) is 0 Å². The molecule has 4 nitrogen and oxygen atoms in total. The van der Waals surface area contributed by atoms with Crippen LogP contribution in [-0.2, 0) is 4.79 Å². The van der Waals surface area contributed by atoms with Gasteiger partial charge in [-0.2, -0.15) is 0 Å². The Kier molecular flexibility index (Phi) is 5.13. The highest BCUT2D eigenvalue weighted by atomic mass is 16.4. The van der Waals surface area contributed by atoms with E-state index in [-0.39, 0.29) is 40.1 Å². The van der Waals surface area contributed by atoms with Gasteiger partial charge < -0.3 is 15.3 Å². The Morgan fingerprint density at radius 2 is 1.45 bits per heavy atom. The molecule has 0 unspecified atom stereocenters. The highest BCUT2D eigenvalue weighted by Gasteiger charge is 2.71. The molecular weight excluding hydrogens is 412 g/mol. The molecule has 5 aliphatic carbocycles. The van der Waals surface area contributed by atoms with Crippen LogP contribution in [0, 0.1) is 57.2 Å². The minimum atomic E-state index is -1.05. The molecule has 0 spiro atoms. The second-order valence-corrected chi connectivity index (χ2v) is 14.1. The molecule has 4 saturated carbocycles. The number of aliphatic hydroxyl groups is 2. The van der Waals surface area contributed by atoms with Crippen molar-refractivity contribution in [1.82, 2.24) is 0 Å². The molecule has 0 saturated heterocycles. The average Bonchev–Trinajstić information content (AvgIpc) is 2.72. The third kappa shape index (κ3) is 2.80. The van der Waals surface area contributed by atoms with Crippen molar-refractivity contribution < 1.29 is 20.1 Å². The van der Waals surface area contributed by atoms with E-state index in [4.69, 9.17) is 0 Å². The molecule has 4 fully saturated rings. The lowest BCUT2D eigenvalue weighted by Crippen LogP contribution is -2.69. The van der Waals surface area contributed by atoms with E-state index in [0.29, 0.717) is 30.6 Å². The first-order valence-electron chi connectivity index (χ1n) is 13.6. The Hall–Kier alpha value is -0.870. The van der Waals surface area contributed by atoms with Crippen LogP contribution in [0.2, 0.25) is 0 Å². The second-order valence-electron chi connectivity index (χ2n) is 14.1. The summed E-state index contributed by atoms with van der Waals surface area (Å²) in [5.74, 6) is 0.596. The fourth-order valence-electron chi connectivity index (χ4n) is 10.7. The molecule has 3 N–H and O–H groups in total. The van der Waals surface area contributed by atoms with Gasteiger partial charge in [-0.05, 0) is 97.2 Å². The average molecular weight is 459 g/mol. The summed E-state index contributed by atoms with van der Waals surface area (Å²) in [6.45, 7) is 13.8. The van der Waals surface area contributed by atoms with Crippen LogP contribution >= 0.6 is 0 Å². The summed E-state index contributed by atoms with van der Waals surface area (Å²) in [6.07, 6.45) is 11.3. The Bertz CT molecular complexity index is 864. The van der Waals surface area contributed by atoms with E-state index in [0.717, 1.165) is 38.5 Å². The maximum atomic E-state index is 12.7. The van der Waals surface area contributed by atoms with E-state index in [1.807, 2.05) is 0 Å². The topological polar surface area (TPSA) is 77.8 Å². The quantitative estimate of drug-likeness (QED) is 0.442. The van der Waals surface area contributed by atoms with Gasteiger partial charge in [-0.3, -0.25) is 4.79 Å². The Morgan fingerprint density at radius 3 is 2.12 bits per heavy atom. The number of carboxylic acid groups (broad SMARTS) is 1. The van der Waals surface area contributed by atoms with E-state index < -0.39 is 17.0 Å². The van der Waals surface area contributed by atoms with E-state index >= 15 is 0 Å². The number of aliphatic carboxylic acids is 1. The number of hydrogen-bond acceptors (Lipinski definition) is 3. The molecule has 0 amide bonds. The predicted octanol–water partition coefficient (Wildman–Crippen LogP) is 5.67. The second kappa shape index (κ2) is 7.09. The summed E-state index contributed by atoms with van der Waals surface area (Å²) in [7, 11) is 0. The molecule has 5 rings (SSSR count). The molecule has 0 bridgehead atoms. The van der Waals surface area contributed by atoms with Crippen molar-refractivity contribution in [1.29, 1.82) is 0 Å². The number of hydrogen-bond donors (Lipinski definition) is 3. The zero-order chi connectivity index (χ0) is 24.2. The summed E-state index contributed by atoms with van der Waals surface area (Å²) in [6, 6.07) is 0. The zero-order valence-corrected chi connectivity index (χ0v) is 21.6. The lowest BCUT2D eigenvalue weighted by molar-refractivity contribution is -0.240. The van der Waals surface area contributed by atoms with Gasteiger partial charge in [0, 0.05) is 5.92 Å². The highest BCUT2D eigenvalue weighted by Crippen LogP contribution is 2.72. The molecule has 4 heteroatoms. The van der Waals surface area contributed by atoms with Crippen LogP contribution in [0.1, 0.15) is 92.9 Å². The molecule has 186 valence electrons. The van der Waals surface area contributed by atoms with Gasteiger partial charge >= 0.3 is 5.97 Å². The van der Waals surface area contributed by atoms with Gasteiger partial charge in [-0.15, -0.1) is 0 Å². The fourth-order valence-corrected chi connectivity index (χ4v) is 10.7. The number of carboxylic acids is 1. The third-order valence-electron chi connectivity index (χ3n) is 12.7. The molecule has 0 aromatic heterocycles. The van der Waals surface area contributed by atoms with Gasteiger partial charge in [0.05, 0.1) is 17.1 Å². The zero-order valence-electron chi connectivity index (χ0n) is 21.6. The lowest BCUT2D eigenvalue weighted by atomic mass is 9.35. The van der Waals surface area contributed by atoms with Crippen molar-refractivity contribution in [3.63, 3.8) is 0 Å². The largest absolute Gasteiger partial charge is 0.481 e. The maximum absolute atomic E-state index is 12.7. The standard InChI is InChI=1S/C29H46O4/c1-17-7-14-28(24(31)32)15-9-21-27(6)12-8-19-25(3,4)22(30)11-13-26(19,5)20(27)10-16-29(21,33)23(28)18(17)2/h10,16-23,30,33H,7-9,11-15H2,1-6H3,(H,31,32)/t17-,18-,19-,20+,21-,22-,23-,26-,27+,28-,29+/m0/s1. The molecule has 11 atom stereocenters. The lowest BCUT2D eigenvalue weighted by Gasteiger charge is -2.70. The molecule has 0 radical (unpaired) electrons. The van der Waals surface area contributed by atoms with Crippen molar-refractivity contribution in [3.05, 3.63) is 12.2 Å². The van der Waals surface area contributed by atoms with Crippen LogP contribution in [0.4, 0.5) is 0 Å². The van der Waals surface area contributed by atoms with Crippen LogP contribution in [0.25, 0.3) is 0 Å². The Labute approximate surface area is 200 Å². The Balaban J connectivity index is 1.61. The number of allylic oxidation sites excluding steroid dienone is 1. The van der Waals surface area contributed by atoms with Crippen LogP contribution < -0.4 is 0 Å². The third-order valence-corrected chi connectivity index (χ3v) is 12.7. The monoisotopic (exact) mass is 458 g/mol. The SMILES string of the molecule is C[C@H]1[C@@H](C)CC[C@]2(C(=O)O)CC[C@@H]3[C@](O)(C=C[C@H]4[C@@]3(C)CC[C@H]3C(C)(C)[C@@H](O)CC[C@]43C)[C@@H]12. The number of aliphatic hydroxyl groups excluding tert-OH is 1. The minimum Gasteiger partial charge on any atom is -0.481 e. The van der Waals surface area contributed by atoms with E-state index in [1.165, 1.54) is 0 Å². The van der Waals surface area contributed by atoms with E-state index in [2.05, 4.69) is 53.7 Å². The van der Waals surface area contributed by atoms with Gasteiger partial charge in [-0.1, -0.05) is 53.7 Å². The first-order chi connectivity index (χ1) is 15.2. The van der Waals surface area contributed by atoms with E-state index in [9.17, 15) is 20.1 Å². The molecule has 0 aromatic rings. The normalized spacial score (nSPS) is 57.3. The predicted molar refractivity (Wildman–Crippen MR) is 129 cm³/mol. The van der Waals surface area contributed by atoms with Crippen LogP contribution in [0.15, 0.2) is 12.2 Å². The van der Waals surface area contributed by atoms with Gasteiger partial charge in [0.1, 0.15) is 0 Å². The summed E-state index contributed by atoms with van der Waals surface area (Å²) in [5, 5.41) is 33.8. The molecule has 0 aromatic carbocycles. The maximum Gasteiger partial charge on any atom is 0.310 e. The molecule has 33 heavy (non-hydrogen) atoms. The highest BCUT2D eigenvalue weighted by molar-refractivity contribution is 5.76. The number of rotatable bonds is 1. The minimum absolute atomic E-state index is 0.0435. The first-order valence-corrected chi connectivity index (χ1v) is 13.6. The van der Waals surface area contributed by atoms with Crippen LogP contribution in [0.3, 0.4) is 0 Å². The van der Waals surface area contributed by atoms with Crippen molar-refractivity contribution in [2.45, 2.75) is 105 Å². The summed E-state index contributed by atoms with van der Waals surface area (Å²) < 4.78 is 0. The van der Waals surface area contributed by atoms with Crippen LogP contribution in [-0.4, -0.2) is 33.0 Å². The number of fused-ring (bicyclic) bond motifs is 7. The van der Waals surface area contributed by atoms with Crippen molar-refractivity contribution in [2.75, 3.05) is 0 Å².